The first-order valence-electron chi connectivity index (χ1n) is 4.09. The fourth-order valence-corrected chi connectivity index (χ4v) is 1.13. The molecule has 0 aliphatic rings. The summed E-state index contributed by atoms with van der Waals surface area (Å²) in [5.41, 5.74) is 1.69. The Morgan fingerprint density at radius 2 is 2.08 bits per heavy atom. The normalized spacial score (nSPS) is 9.50. The lowest BCUT2D eigenvalue weighted by atomic mass is 10.1. The monoisotopic (exact) mass is 163 g/mol. The molecule has 0 aliphatic heterocycles. The van der Waals surface area contributed by atoms with Gasteiger partial charge in [-0.25, -0.2) is 0 Å². The number of hydrogen-bond acceptors (Lipinski definition) is 2. The summed E-state index contributed by atoms with van der Waals surface area (Å²) in [4.78, 5) is 11.4. The number of carbonyl (C=O) groups excluding carboxylic acids is 1. The third kappa shape index (κ3) is 1.64. The molecule has 0 bridgehead atoms. The predicted octanol–water partition coefficient (Wildman–Crippen LogP) is 2.32. The molecule has 12 heavy (non-hydrogen) atoms. The average Bonchev–Trinajstić information content (AvgIpc) is 2.16. The minimum atomic E-state index is 0.181. The highest BCUT2D eigenvalue weighted by molar-refractivity contribution is 6.00. The fraction of sp³-hybridized carbons (Fsp3) is 0.300. The van der Waals surface area contributed by atoms with Gasteiger partial charge in [0.25, 0.3) is 0 Å². The van der Waals surface area contributed by atoms with E-state index >= 15 is 0 Å². The third-order valence-corrected chi connectivity index (χ3v) is 1.82. The number of benzene rings is 1. The minimum Gasteiger partial charge on any atom is -0.388 e. The molecule has 0 heterocycles. The number of carbonyl (C=O) groups is 1. The summed E-state index contributed by atoms with van der Waals surface area (Å²) in [5.74, 6) is 0.181. The van der Waals surface area contributed by atoms with Crippen LogP contribution in [0.3, 0.4) is 0 Å². The van der Waals surface area contributed by atoms with E-state index in [1.807, 2.05) is 38.2 Å². The molecule has 1 aromatic carbocycles. The first-order chi connectivity index (χ1) is 5.79. The van der Waals surface area contributed by atoms with Gasteiger partial charge in [0, 0.05) is 24.7 Å². The van der Waals surface area contributed by atoms with E-state index in [1.165, 1.54) is 0 Å². The van der Waals surface area contributed by atoms with Crippen LogP contribution in [-0.4, -0.2) is 12.8 Å². The highest BCUT2D eigenvalue weighted by Gasteiger charge is 2.06. The molecule has 0 atom stereocenters. The molecule has 0 spiro atoms. The summed E-state index contributed by atoms with van der Waals surface area (Å²) in [6, 6.07) is 7.54. The van der Waals surface area contributed by atoms with E-state index in [0.717, 1.165) is 11.3 Å². The lowest BCUT2D eigenvalue weighted by molar-refractivity contribution is 0.0989. The van der Waals surface area contributed by atoms with Crippen molar-refractivity contribution in [3.63, 3.8) is 0 Å². The molecule has 0 saturated carbocycles. The molecule has 0 aromatic heterocycles. The molecule has 2 nitrogen and oxygen atoms in total. The van der Waals surface area contributed by atoms with Gasteiger partial charge in [-0.15, -0.1) is 0 Å². The first-order valence-corrected chi connectivity index (χ1v) is 4.09. The van der Waals surface area contributed by atoms with E-state index in [9.17, 15) is 4.79 Å². The van der Waals surface area contributed by atoms with Gasteiger partial charge in [-0.2, -0.15) is 0 Å². The number of hydrogen-bond donors (Lipinski definition) is 1. The van der Waals surface area contributed by atoms with Crippen LogP contribution < -0.4 is 5.32 Å². The zero-order chi connectivity index (χ0) is 8.97. The average molecular weight is 163 g/mol. The Balaban J connectivity index is 3.04. The zero-order valence-electron chi connectivity index (χ0n) is 7.42. The molecule has 0 aliphatic carbocycles. The van der Waals surface area contributed by atoms with Gasteiger partial charge >= 0.3 is 0 Å². The minimum absolute atomic E-state index is 0.181. The topological polar surface area (TPSA) is 29.1 Å². The molecular formula is C10H13NO. The maximum Gasteiger partial charge on any atom is 0.164 e. The number of Topliss-reactive ketones (excluding diaryl/α,β-unsaturated/α-hetero) is 1. The summed E-state index contributed by atoms with van der Waals surface area (Å²) in [6.45, 7) is 1.87. The van der Waals surface area contributed by atoms with Gasteiger partial charge in [0.1, 0.15) is 0 Å². The summed E-state index contributed by atoms with van der Waals surface area (Å²) in [6.07, 6.45) is 0.554. The van der Waals surface area contributed by atoms with Crippen LogP contribution in [0.5, 0.6) is 0 Å². The summed E-state index contributed by atoms with van der Waals surface area (Å²) in [7, 11) is 1.82. The van der Waals surface area contributed by atoms with Crippen LogP contribution >= 0.6 is 0 Å². The van der Waals surface area contributed by atoms with Crippen molar-refractivity contribution < 1.29 is 4.79 Å². The molecule has 1 aromatic rings. The Morgan fingerprint density at radius 1 is 1.42 bits per heavy atom. The van der Waals surface area contributed by atoms with Gasteiger partial charge in [0.15, 0.2) is 5.78 Å². The van der Waals surface area contributed by atoms with Crippen molar-refractivity contribution in [3.05, 3.63) is 29.8 Å². The third-order valence-electron chi connectivity index (χ3n) is 1.82. The highest BCUT2D eigenvalue weighted by atomic mass is 16.1. The van der Waals surface area contributed by atoms with E-state index in [-0.39, 0.29) is 5.78 Å². The van der Waals surface area contributed by atoms with Crippen molar-refractivity contribution in [2.45, 2.75) is 13.3 Å². The quantitative estimate of drug-likeness (QED) is 0.693. The number of nitrogens with one attached hydrogen (secondary N) is 1. The smallest absolute Gasteiger partial charge is 0.164 e. The Morgan fingerprint density at radius 3 is 2.67 bits per heavy atom. The summed E-state index contributed by atoms with van der Waals surface area (Å²) >= 11 is 0. The van der Waals surface area contributed by atoms with Crippen molar-refractivity contribution in [2.75, 3.05) is 12.4 Å². The molecule has 2 heteroatoms. The van der Waals surface area contributed by atoms with Crippen LogP contribution in [0, 0.1) is 0 Å². The molecule has 0 amide bonds. The van der Waals surface area contributed by atoms with Crippen molar-refractivity contribution >= 4 is 11.5 Å². The van der Waals surface area contributed by atoms with E-state index in [1.54, 1.807) is 0 Å². The molecule has 64 valence electrons. The van der Waals surface area contributed by atoms with Gasteiger partial charge in [0.2, 0.25) is 0 Å². The molecule has 1 rings (SSSR count). The second-order valence-electron chi connectivity index (χ2n) is 2.57. The second-order valence-corrected chi connectivity index (χ2v) is 2.57. The van der Waals surface area contributed by atoms with Crippen LogP contribution in [0.15, 0.2) is 24.3 Å². The van der Waals surface area contributed by atoms with Crippen LogP contribution in [0.25, 0.3) is 0 Å². The van der Waals surface area contributed by atoms with Crippen molar-refractivity contribution in [1.82, 2.24) is 0 Å². The zero-order valence-corrected chi connectivity index (χ0v) is 7.42. The van der Waals surface area contributed by atoms with E-state index < -0.39 is 0 Å². The van der Waals surface area contributed by atoms with Crippen LogP contribution in [0.1, 0.15) is 23.7 Å². The van der Waals surface area contributed by atoms with Gasteiger partial charge in [-0.3, -0.25) is 4.79 Å². The lowest BCUT2D eigenvalue weighted by Crippen LogP contribution is -2.01. The molecule has 1 N–H and O–H groups in total. The molecular weight excluding hydrogens is 150 g/mol. The number of ketones is 1. The Hall–Kier alpha value is -1.31. The van der Waals surface area contributed by atoms with Crippen molar-refractivity contribution in [3.8, 4) is 0 Å². The van der Waals surface area contributed by atoms with E-state index in [0.29, 0.717) is 6.42 Å². The SMILES string of the molecule is CCC(=O)c1ccccc1NC. The second kappa shape index (κ2) is 3.90. The molecule has 0 fully saturated rings. The molecule has 0 radical (unpaired) electrons. The Bertz CT molecular complexity index is 281. The van der Waals surface area contributed by atoms with Gasteiger partial charge in [-0.1, -0.05) is 19.1 Å². The molecule has 0 unspecified atom stereocenters. The number of anilines is 1. The highest BCUT2D eigenvalue weighted by Crippen LogP contribution is 2.15. The largest absolute Gasteiger partial charge is 0.388 e. The van der Waals surface area contributed by atoms with Crippen LogP contribution in [-0.2, 0) is 0 Å². The fourth-order valence-electron chi connectivity index (χ4n) is 1.13. The Kier molecular flexibility index (Phi) is 2.86. The Labute approximate surface area is 72.6 Å². The van der Waals surface area contributed by atoms with E-state index in [2.05, 4.69) is 5.32 Å². The predicted molar refractivity (Wildman–Crippen MR) is 50.6 cm³/mol. The van der Waals surface area contributed by atoms with Crippen molar-refractivity contribution in [2.24, 2.45) is 0 Å². The number of para-hydroxylation sites is 1. The van der Waals surface area contributed by atoms with Gasteiger partial charge in [-0.05, 0) is 12.1 Å². The van der Waals surface area contributed by atoms with Gasteiger partial charge in [0.05, 0.1) is 0 Å². The summed E-state index contributed by atoms with van der Waals surface area (Å²) in [5, 5.41) is 2.99. The standard InChI is InChI=1S/C10H13NO/c1-3-10(12)8-6-4-5-7-9(8)11-2/h4-7,11H,3H2,1-2H3. The summed E-state index contributed by atoms with van der Waals surface area (Å²) < 4.78 is 0. The maximum atomic E-state index is 11.4. The lowest BCUT2D eigenvalue weighted by Gasteiger charge is -2.05. The van der Waals surface area contributed by atoms with Crippen LogP contribution in [0.4, 0.5) is 5.69 Å². The van der Waals surface area contributed by atoms with Crippen molar-refractivity contribution in [1.29, 1.82) is 0 Å². The number of rotatable bonds is 3. The van der Waals surface area contributed by atoms with Gasteiger partial charge < -0.3 is 5.32 Å². The van der Waals surface area contributed by atoms with E-state index in [4.69, 9.17) is 0 Å². The van der Waals surface area contributed by atoms with Crippen LogP contribution in [0.2, 0.25) is 0 Å². The first kappa shape index (κ1) is 8.78. The molecule has 0 saturated heterocycles. The maximum absolute atomic E-state index is 11.4.